The van der Waals surface area contributed by atoms with Crippen molar-refractivity contribution in [3.63, 3.8) is 0 Å². The number of amides is 1. The largest absolute Gasteiger partial charge is 0.365 e. The summed E-state index contributed by atoms with van der Waals surface area (Å²) in [6.45, 7) is 0. The van der Waals surface area contributed by atoms with Crippen molar-refractivity contribution >= 4 is 23.2 Å². The van der Waals surface area contributed by atoms with Crippen LogP contribution in [0.15, 0.2) is 41.3 Å². The second-order valence-electron chi connectivity index (χ2n) is 7.24. The summed E-state index contributed by atoms with van der Waals surface area (Å²) in [5, 5.41) is 9.76. The second kappa shape index (κ2) is 8.46. The van der Waals surface area contributed by atoms with Crippen molar-refractivity contribution in [2.45, 2.75) is 37.8 Å². The minimum atomic E-state index is -0.802. The summed E-state index contributed by atoms with van der Waals surface area (Å²) >= 11 is 0. The van der Waals surface area contributed by atoms with E-state index in [1.807, 2.05) is 0 Å². The fraction of sp³-hybridized carbons (Fsp3) is 0.300. The van der Waals surface area contributed by atoms with Gasteiger partial charge in [-0.2, -0.15) is 0 Å². The fourth-order valence-electron chi connectivity index (χ4n) is 3.53. The van der Waals surface area contributed by atoms with Crippen LogP contribution in [-0.2, 0) is 0 Å². The normalized spacial score (nSPS) is 18.7. The lowest BCUT2D eigenvalue weighted by atomic mass is 9.91. The highest BCUT2D eigenvalue weighted by Crippen LogP contribution is 2.28. The van der Waals surface area contributed by atoms with Crippen molar-refractivity contribution in [1.29, 1.82) is 0 Å². The van der Waals surface area contributed by atoms with Crippen molar-refractivity contribution in [3.8, 4) is 11.3 Å². The first-order valence-electron chi connectivity index (χ1n) is 9.67. The average Bonchev–Trinajstić information content (AvgIpc) is 3.27. The summed E-state index contributed by atoms with van der Waals surface area (Å²) in [5.74, 6) is -0.802. The Balaban J connectivity index is 1.64. The van der Waals surface area contributed by atoms with Gasteiger partial charge in [0.15, 0.2) is 17.4 Å². The lowest BCUT2D eigenvalue weighted by Gasteiger charge is -2.30. The first-order valence-corrected chi connectivity index (χ1v) is 9.67. The van der Waals surface area contributed by atoms with Crippen LogP contribution in [0.1, 0.15) is 36.0 Å². The maximum absolute atomic E-state index is 14.6. The van der Waals surface area contributed by atoms with Gasteiger partial charge in [0.2, 0.25) is 0 Å². The highest BCUT2D eigenvalue weighted by atomic mass is 19.1. The first-order chi connectivity index (χ1) is 14.5. The van der Waals surface area contributed by atoms with Gasteiger partial charge in [0, 0.05) is 29.9 Å². The Morgan fingerprint density at radius 1 is 1.20 bits per heavy atom. The summed E-state index contributed by atoms with van der Waals surface area (Å²) in [7, 11) is 0. The fourth-order valence-corrected chi connectivity index (χ4v) is 3.53. The lowest BCUT2D eigenvalue weighted by molar-refractivity contribution is 0.100. The van der Waals surface area contributed by atoms with E-state index in [0.717, 1.165) is 31.7 Å². The molecule has 1 saturated carbocycles. The molecule has 0 unspecified atom stereocenters. The third kappa shape index (κ3) is 4.23. The Bertz CT molecular complexity index is 1040. The van der Waals surface area contributed by atoms with Crippen molar-refractivity contribution in [2.75, 3.05) is 10.6 Å². The standard InChI is InChI=1S/C20H22FN7O2/c21-14-8-13(18(23)29)19(28-20(14)27-16-4-2-1-3-15(16)22)26-12-7-11(9-24-10-12)17-5-6-25-30-17/h5-10,15-16H,1-4,22H2,(H2,23,29)(H2,26,27,28)/t15-,16+/m0/s1. The zero-order valence-corrected chi connectivity index (χ0v) is 16.1. The van der Waals surface area contributed by atoms with Crippen molar-refractivity contribution in [3.05, 3.63) is 48.2 Å². The van der Waals surface area contributed by atoms with E-state index < -0.39 is 11.7 Å². The third-order valence-corrected chi connectivity index (χ3v) is 5.11. The zero-order chi connectivity index (χ0) is 21.1. The van der Waals surface area contributed by atoms with Crippen molar-refractivity contribution in [2.24, 2.45) is 11.5 Å². The maximum atomic E-state index is 14.6. The molecule has 3 aromatic rings. The van der Waals surface area contributed by atoms with Gasteiger partial charge >= 0.3 is 0 Å². The number of carbonyl (C=O) groups is 1. The smallest absolute Gasteiger partial charge is 0.252 e. The van der Waals surface area contributed by atoms with Gasteiger partial charge in [0.1, 0.15) is 5.82 Å². The van der Waals surface area contributed by atoms with Gasteiger partial charge in [-0.25, -0.2) is 9.37 Å². The third-order valence-electron chi connectivity index (χ3n) is 5.11. The molecule has 0 radical (unpaired) electrons. The molecule has 1 aliphatic rings. The van der Waals surface area contributed by atoms with Gasteiger partial charge in [0.05, 0.1) is 23.6 Å². The van der Waals surface area contributed by atoms with Crippen molar-refractivity contribution < 1.29 is 13.7 Å². The van der Waals surface area contributed by atoms with Gasteiger partial charge in [-0.05, 0) is 25.0 Å². The quantitative estimate of drug-likeness (QED) is 0.484. The minimum Gasteiger partial charge on any atom is -0.365 e. The molecule has 156 valence electrons. The van der Waals surface area contributed by atoms with E-state index in [4.69, 9.17) is 16.0 Å². The molecule has 0 saturated heterocycles. The van der Waals surface area contributed by atoms with E-state index in [-0.39, 0.29) is 29.3 Å². The van der Waals surface area contributed by atoms with Crippen LogP contribution >= 0.6 is 0 Å². The lowest BCUT2D eigenvalue weighted by Crippen LogP contribution is -2.43. The van der Waals surface area contributed by atoms with Crippen LogP contribution in [0, 0.1) is 5.82 Å². The molecule has 30 heavy (non-hydrogen) atoms. The Labute approximate surface area is 172 Å². The molecular formula is C20H22FN7O2. The summed E-state index contributed by atoms with van der Waals surface area (Å²) in [6, 6.07) is 4.33. The number of hydrogen-bond acceptors (Lipinski definition) is 8. The Morgan fingerprint density at radius 2 is 2.03 bits per heavy atom. The molecule has 3 aromatic heterocycles. The Hall–Kier alpha value is -3.53. The molecule has 0 aliphatic heterocycles. The van der Waals surface area contributed by atoms with E-state index in [2.05, 4.69) is 25.8 Å². The summed E-state index contributed by atoms with van der Waals surface area (Å²) in [6.07, 6.45) is 8.43. The van der Waals surface area contributed by atoms with Crippen molar-refractivity contribution in [1.82, 2.24) is 15.1 Å². The van der Waals surface area contributed by atoms with Gasteiger partial charge in [-0.1, -0.05) is 18.0 Å². The van der Waals surface area contributed by atoms with Gasteiger partial charge in [0.25, 0.3) is 5.91 Å². The number of pyridine rings is 2. The SMILES string of the molecule is NC(=O)c1cc(F)c(N[C@@H]2CCCC[C@@H]2N)nc1Nc1cncc(-c2ccno2)c1. The Kier molecular flexibility index (Phi) is 5.57. The number of nitrogens with one attached hydrogen (secondary N) is 2. The van der Waals surface area contributed by atoms with Gasteiger partial charge in [-0.3, -0.25) is 9.78 Å². The van der Waals surface area contributed by atoms with E-state index in [1.165, 1.54) is 6.20 Å². The number of nitrogens with two attached hydrogens (primary N) is 2. The van der Waals surface area contributed by atoms with Crippen LogP contribution in [0.2, 0.25) is 0 Å². The molecule has 1 fully saturated rings. The number of hydrogen-bond donors (Lipinski definition) is 4. The van der Waals surface area contributed by atoms with E-state index in [1.54, 1.807) is 24.5 Å². The minimum absolute atomic E-state index is 0.0178. The molecule has 1 aliphatic carbocycles. The van der Waals surface area contributed by atoms with Crippen LogP contribution in [0.3, 0.4) is 0 Å². The summed E-state index contributed by atoms with van der Waals surface area (Å²) in [5.41, 5.74) is 12.7. The molecule has 0 spiro atoms. The van der Waals surface area contributed by atoms with Crippen LogP contribution in [0.4, 0.5) is 21.7 Å². The van der Waals surface area contributed by atoms with E-state index in [0.29, 0.717) is 17.0 Å². The number of halogens is 1. The van der Waals surface area contributed by atoms with E-state index in [9.17, 15) is 9.18 Å². The molecule has 2 atom stereocenters. The molecule has 6 N–H and O–H groups in total. The van der Waals surface area contributed by atoms with E-state index >= 15 is 0 Å². The number of anilines is 3. The topological polar surface area (TPSA) is 145 Å². The predicted molar refractivity (Wildman–Crippen MR) is 110 cm³/mol. The van der Waals surface area contributed by atoms with Crippen LogP contribution < -0.4 is 22.1 Å². The zero-order valence-electron chi connectivity index (χ0n) is 16.1. The average molecular weight is 411 g/mol. The number of carbonyl (C=O) groups excluding carboxylic acids is 1. The van der Waals surface area contributed by atoms with Gasteiger partial charge in [-0.15, -0.1) is 0 Å². The summed E-state index contributed by atoms with van der Waals surface area (Å²) in [4.78, 5) is 20.3. The Morgan fingerprint density at radius 3 is 2.77 bits per heavy atom. The number of primary amides is 1. The molecule has 3 heterocycles. The molecule has 1 amide bonds. The monoisotopic (exact) mass is 411 g/mol. The molecule has 0 aromatic carbocycles. The highest BCUT2D eigenvalue weighted by Gasteiger charge is 2.24. The number of rotatable bonds is 6. The summed E-state index contributed by atoms with van der Waals surface area (Å²) < 4.78 is 19.8. The predicted octanol–water partition coefficient (Wildman–Crippen LogP) is 2.80. The van der Waals surface area contributed by atoms with Crippen LogP contribution in [0.25, 0.3) is 11.3 Å². The highest BCUT2D eigenvalue weighted by molar-refractivity contribution is 5.98. The second-order valence-corrected chi connectivity index (χ2v) is 7.24. The molecule has 4 rings (SSSR count). The molecule has 10 heteroatoms. The molecule has 9 nitrogen and oxygen atoms in total. The maximum Gasteiger partial charge on any atom is 0.252 e. The molecular weight excluding hydrogens is 389 g/mol. The van der Waals surface area contributed by atoms with Gasteiger partial charge < -0.3 is 26.6 Å². The van der Waals surface area contributed by atoms with Crippen LogP contribution in [0.5, 0.6) is 0 Å². The number of aromatic nitrogens is 3. The number of nitrogens with zero attached hydrogens (tertiary/aromatic N) is 3. The molecule has 0 bridgehead atoms. The first kappa shape index (κ1) is 19.8. The van der Waals surface area contributed by atoms with Crippen LogP contribution in [-0.4, -0.2) is 33.1 Å².